The maximum atomic E-state index is 9.23. The largest absolute Gasteiger partial charge is 0.354 e. The van der Waals surface area contributed by atoms with Crippen molar-refractivity contribution in [2.24, 2.45) is 0 Å². The van der Waals surface area contributed by atoms with E-state index in [-0.39, 0.29) is 0 Å². The second kappa shape index (κ2) is 5.02. The molecule has 1 aromatic heterocycles. The number of aromatic nitrogens is 1. The Morgan fingerprint density at radius 1 is 1.05 bits per heavy atom. The third-order valence-corrected chi connectivity index (χ3v) is 3.30. The molecule has 0 saturated heterocycles. The minimum atomic E-state index is 0.644. The molecular weight excluding hydrogens is 246 g/mol. The first-order chi connectivity index (χ1) is 9.79. The number of fused-ring (bicyclic) bond motifs is 1. The number of pyridine rings is 1. The van der Waals surface area contributed by atoms with Crippen molar-refractivity contribution in [2.75, 3.05) is 5.32 Å². The van der Waals surface area contributed by atoms with Crippen molar-refractivity contribution in [3.05, 3.63) is 65.9 Å². The zero-order valence-electron chi connectivity index (χ0n) is 11.1. The fourth-order valence-electron chi connectivity index (χ4n) is 2.27. The second-order valence-electron chi connectivity index (χ2n) is 4.61. The van der Waals surface area contributed by atoms with Crippen LogP contribution in [0.5, 0.6) is 0 Å². The highest BCUT2D eigenvalue weighted by molar-refractivity contribution is 5.93. The average molecular weight is 259 g/mol. The van der Waals surface area contributed by atoms with Gasteiger partial charge < -0.3 is 5.32 Å². The highest BCUT2D eigenvalue weighted by Crippen LogP contribution is 2.28. The molecular formula is C17H13N3. The van der Waals surface area contributed by atoms with E-state index in [9.17, 15) is 5.26 Å². The number of hydrogen-bond acceptors (Lipinski definition) is 3. The fraction of sp³-hybridized carbons (Fsp3) is 0.0588. The number of benzene rings is 2. The topological polar surface area (TPSA) is 48.7 Å². The number of nitriles is 1. The van der Waals surface area contributed by atoms with Gasteiger partial charge in [0.05, 0.1) is 16.8 Å². The maximum Gasteiger partial charge on any atom is 0.101 e. The number of para-hydroxylation sites is 1. The van der Waals surface area contributed by atoms with Crippen LogP contribution in [0, 0.1) is 18.3 Å². The Morgan fingerprint density at radius 2 is 1.90 bits per heavy atom. The summed E-state index contributed by atoms with van der Waals surface area (Å²) in [5.74, 6) is 0. The highest BCUT2D eigenvalue weighted by atomic mass is 14.9. The Hall–Kier alpha value is -2.86. The normalized spacial score (nSPS) is 10.2. The van der Waals surface area contributed by atoms with Gasteiger partial charge in [0.1, 0.15) is 6.07 Å². The predicted octanol–water partition coefficient (Wildman–Crippen LogP) is 4.16. The van der Waals surface area contributed by atoms with E-state index in [2.05, 4.69) is 16.4 Å². The third kappa shape index (κ3) is 2.08. The van der Waals surface area contributed by atoms with Gasteiger partial charge >= 0.3 is 0 Å². The van der Waals surface area contributed by atoms with Gasteiger partial charge in [-0.25, -0.2) is 0 Å². The Morgan fingerprint density at radius 3 is 2.75 bits per heavy atom. The first-order valence-corrected chi connectivity index (χ1v) is 6.40. The minimum Gasteiger partial charge on any atom is -0.354 e. The third-order valence-electron chi connectivity index (χ3n) is 3.30. The molecule has 1 N–H and O–H groups in total. The van der Waals surface area contributed by atoms with Crippen LogP contribution in [0.15, 0.2) is 54.7 Å². The summed E-state index contributed by atoms with van der Waals surface area (Å²) in [6, 6.07) is 17.8. The van der Waals surface area contributed by atoms with Crippen LogP contribution in [0.1, 0.15) is 11.1 Å². The van der Waals surface area contributed by atoms with Crippen LogP contribution in [0.2, 0.25) is 0 Å². The van der Waals surface area contributed by atoms with Gasteiger partial charge in [0.25, 0.3) is 0 Å². The quantitative estimate of drug-likeness (QED) is 0.751. The first-order valence-electron chi connectivity index (χ1n) is 6.40. The molecule has 0 amide bonds. The molecule has 3 aromatic rings. The van der Waals surface area contributed by atoms with Crippen LogP contribution in [-0.2, 0) is 0 Å². The summed E-state index contributed by atoms with van der Waals surface area (Å²) in [6.45, 7) is 1.99. The summed E-state index contributed by atoms with van der Waals surface area (Å²) < 4.78 is 0. The molecule has 3 rings (SSSR count). The molecule has 96 valence electrons. The molecule has 1 heterocycles. The molecule has 3 nitrogen and oxygen atoms in total. The van der Waals surface area contributed by atoms with Gasteiger partial charge in [0, 0.05) is 17.3 Å². The number of nitrogens with one attached hydrogen (secondary N) is 1. The summed E-state index contributed by atoms with van der Waals surface area (Å²) in [4.78, 5) is 4.34. The number of rotatable bonds is 2. The van der Waals surface area contributed by atoms with Crippen LogP contribution >= 0.6 is 0 Å². The standard InChI is InChI=1S/C17H13N3/c1-12-5-2-6-13(11-18)17(12)20-16-9-3-8-15-14(16)7-4-10-19-15/h2-10,20H,1H3. The number of hydrogen-bond donors (Lipinski definition) is 1. The monoisotopic (exact) mass is 259 g/mol. The molecule has 0 aliphatic heterocycles. The molecule has 0 aliphatic carbocycles. The molecule has 0 atom stereocenters. The second-order valence-corrected chi connectivity index (χ2v) is 4.61. The predicted molar refractivity (Wildman–Crippen MR) is 80.9 cm³/mol. The summed E-state index contributed by atoms with van der Waals surface area (Å²) in [5, 5.41) is 13.6. The van der Waals surface area contributed by atoms with Crippen molar-refractivity contribution in [3.63, 3.8) is 0 Å². The lowest BCUT2D eigenvalue weighted by molar-refractivity contribution is 1.38. The summed E-state index contributed by atoms with van der Waals surface area (Å²) in [7, 11) is 0. The van der Waals surface area contributed by atoms with E-state index in [0.29, 0.717) is 5.56 Å². The number of nitrogens with zero attached hydrogens (tertiary/aromatic N) is 2. The maximum absolute atomic E-state index is 9.23. The Balaban J connectivity index is 2.13. The number of anilines is 2. The Labute approximate surface area is 117 Å². The lowest BCUT2D eigenvalue weighted by atomic mass is 10.1. The SMILES string of the molecule is Cc1cccc(C#N)c1Nc1cccc2ncccc12. The van der Waals surface area contributed by atoms with Crippen LogP contribution in [-0.4, -0.2) is 4.98 Å². The van der Waals surface area contributed by atoms with Gasteiger partial charge in [-0.3, -0.25) is 4.98 Å². The van der Waals surface area contributed by atoms with Crippen LogP contribution in [0.4, 0.5) is 11.4 Å². The van der Waals surface area contributed by atoms with Crippen molar-refractivity contribution in [1.82, 2.24) is 4.98 Å². The van der Waals surface area contributed by atoms with Crippen molar-refractivity contribution in [3.8, 4) is 6.07 Å². The zero-order valence-corrected chi connectivity index (χ0v) is 11.1. The molecule has 2 aromatic carbocycles. The van der Waals surface area contributed by atoms with E-state index >= 15 is 0 Å². The van der Waals surface area contributed by atoms with Crippen LogP contribution in [0.25, 0.3) is 10.9 Å². The van der Waals surface area contributed by atoms with E-state index < -0.39 is 0 Å². The van der Waals surface area contributed by atoms with Crippen LogP contribution in [0.3, 0.4) is 0 Å². The molecule has 0 radical (unpaired) electrons. The van der Waals surface area contributed by atoms with Gasteiger partial charge in [0.2, 0.25) is 0 Å². The average Bonchev–Trinajstić information content (AvgIpc) is 2.49. The smallest absolute Gasteiger partial charge is 0.101 e. The molecule has 20 heavy (non-hydrogen) atoms. The van der Waals surface area contributed by atoms with E-state index in [0.717, 1.165) is 27.8 Å². The lowest BCUT2D eigenvalue weighted by Gasteiger charge is -2.13. The summed E-state index contributed by atoms with van der Waals surface area (Å²) in [5.41, 5.74) is 4.44. The van der Waals surface area contributed by atoms with E-state index in [1.54, 1.807) is 6.20 Å². The summed E-state index contributed by atoms with van der Waals surface area (Å²) in [6.07, 6.45) is 1.78. The molecule has 0 aliphatic rings. The molecule has 3 heteroatoms. The first kappa shape index (κ1) is 12.2. The molecule has 0 spiro atoms. The van der Waals surface area contributed by atoms with Crippen molar-refractivity contribution < 1.29 is 0 Å². The Kier molecular flexibility index (Phi) is 3.06. The minimum absolute atomic E-state index is 0.644. The Bertz CT molecular complexity index is 811. The van der Waals surface area contributed by atoms with Gasteiger partial charge in [-0.05, 0) is 42.8 Å². The molecule has 0 fully saturated rings. The van der Waals surface area contributed by atoms with Gasteiger partial charge in [-0.15, -0.1) is 0 Å². The van der Waals surface area contributed by atoms with E-state index in [4.69, 9.17) is 0 Å². The number of aryl methyl sites for hydroxylation is 1. The van der Waals surface area contributed by atoms with Crippen LogP contribution < -0.4 is 5.32 Å². The fourth-order valence-corrected chi connectivity index (χ4v) is 2.27. The lowest BCUT2D eigenvalue weighted by Crippen LogP contribution is -1.97. The zero-order chi connectivity index (χ0) is 13.9. The highest BCUT2D eigenvalue weighted by Gasteiger charge is 2.07. The van der Waals surface area contributed by atoms with Gasteiger partial charge in [-0.1, -0.05) is 18.2 Å². The molecule has 0 unspecified atom stereocenters. The van der Waals surface area contributed by atoms with Crippen molar-refractivity contribution in [2.45, 2.75) is 6.92 Å². The van der Waals surface area contributed by atoms with Crippen molar-refractivity contribution in [1.29, 1.82) is 5.26 Å². The molecule has 0 bridgehead atoms. The van der Waals surface area contributed by atoms with E-state index in [1.165, 1.54) is 0 Å². The van der Waals surface area contributed by atoms with E-state index in [1.807, 2.05) is 55.5 Å². The summed E-state index contributed by atoms with van der Waals surface area (Å²) >= 11 is 0. The van der Waals surface area contributed by atoms with Gasteiger partial charge in [0.15, 0.2) is 0 Å². The van der Waals surface area contributed by atoms with Crippen molar-refractivity contribution >= 4 is 22.3 Å². The molecule has 0 saturated carbocycles. The van der Waals surface area contributed by atoms with Gasteiger partial charge in [-0.2, -0.15) is 5.26 Å².